The Kier molecular flexibility index (Phi) is 4.42. The van der Waals surface area contributed by atoms with Crippen LogP contribution in [0, 0.1) is 11.3 Å². The Balaban J connectivity index is 1.64. The molecule has 0 spiro atoms. The molecule has 0 N–H and O–H groups in total. The molecule has 0 bridgehead atoms. The van der Waals surface area contributed by atoms with Crippen LogP contribution in [0.4, 0.5) is 5.69 Å². The Hall–Kier alpha value is -3.10. The van der Waals surface area contributed by atoms with Crippen molar-refractivity contribution in [3.63, 3.8) is 0 Å². The number of aryl methyl sites for hydroxylation is 1. The summed E-state index contributed by atoms with van der Waals surface area (Å²) in [7, 11) is 1.94. The third-order valence-electron chi connectivity index (χ3n) is 4.73. The Labute approximate surface area is 152 Å². The molecule has 1 fully saturated rings. The first-order chi connectivity index (χ1) is 12.8. The van der Waals surface area contributed by atoms with Gasteiger partial charge in [-0.25, -0.2) is 4.98 Å². The molecule has 0 amide bonds. The molecule has 1 aliphatic rings. The van der Waals surface area contributed by atoms with Crippen LogP contribution in [0.25, 0.3) is 22.7 Å². The van der Waals surface area contributed by atoms with Crippen LogP contribution in [0.15, 0.2) is 48.5 Å². The smallest absolute Gasteiger partial charge is 0.151 e. The molecule has 3 aromatic rings. The molecular formula is C21H20N4O. The highest BCUT2D eigenvalue weighted by atomic mass is 16.5. The van der Waals surface area contributed by atoms with Crippen LogP contribution in [-0.2, 0) is 11.8 Å². The van der Waals surface area contributed by atoms with Crippen molar-refractivity contribution in [3.05, 3.63) is 59.9 Å². The van der Waals surface area contributed by atoms with Gasteiger partial charge in [0.05, 0.1) is 29.8 Å². The monoisotopic (exact) mass is 344 g/mol. The molecule has 2 aromatic carbocycles. The average molecular weight is 344 g/mol. The van der Waals surface area contributed by atoms with Crippen LogP contribution in [0.3, 0.4) is 0 Å². The third-order valence-corrected chi connectivity index (χ3v) is 4.73. The van der Waals surface area contributed by atoms with E-state index in [4.69, 9.17) is 4.74 Å². The molecule has 5 nitrogen and oxygen atoms in total. The third kappa shape index (κ3) is 3.07. The van der Waals surface area contributed by atoms with E-state index < -0.39 is 0 Å². The van der Waals surface area contributed by atoms with Crippen molar-refractivity contribution in [1.29, 1.82) is 5.26 Å². The van der Waals surface area contributed by atoms with E-state index in [-0.39, 0.29) is 0 Å². The Morgan fingerprint density at radius 3 is 2.54 bits per heavy atom. The van der Waals surface area contributed by atoms with E-state index >= 15 is 0 Å². The summed E-state index contributed by atoms with van der Waals surface area (Å²) < 4.78 is 7.37. The maximum Gasteiger partial charge on any atom is 0.151 e. The normalized spacial score (nSPS) is 15.2. The molecule has 130 valence electrons. The number of morpholine rings is 1. The van der Waals surface area contributed by atoms with Gasteiger partial charge in [0.25, 0.3) is 0 Å². The number of benzene rings is 2. The van der Waals surface area contributed by atoms with Crippen LogP contribution in [0.1, 0.15) is 11.4 Å². The van der Waals surface area contributed by atoms with E-state index in [1.54, 1.807) is 0 Å². The second-order valence-corrected chi connectivity index (χ2v) is 6.34. The minimum atomic E-state index is 0.558. The fourth-order valence-corrected chi connectivity index (χ4v) is 3.30. The molecular weight excluding hydrogens is 324 g/mol. The van der Waals surface area contributed by atoms with E-state index in [2.05, 4.69) is 28.1 Å². The summed E-state index contributed by atoms with van der Waals surface area (Å²) in [6, 6.07) is 18.5. The Bertz CT molecular complexity index is 989. The van der Waals surface area contributed by atoms with Crippen molar-refractivity contribution in [3.8, 4) is 6.07 Å². The second-order valence-electron chi connectivity index (χ2n) is 6.34. The van der Waals surface area contributed by atoms with Gasteiger partial charge in [-0.2, -0.15) is 5.26 Å². The van der Waals surface area contributed by atoms with Crippen molar-refractivity contribution < 1.29 is 4.74 Å². The zero-order chi connectivity index (χ0) is 17.9. The van der Waals surface area contributed by atoms with Gasteiger partial charge < -0.3 is 14.2 Å². The van der Waals surface area contributed by atoms with E-state index in [1.807, 2.05) is 54.1 Å². The number of imidazole rings is 1. The van der Waals surface area contributed by atoms with Gasteiger partial charge in [0.15, 0.2) is 5.82 Å². The summed E-state index contributed by atoms with van der Waals surface area (Å²) >= 11 is 0. The molecule has 0 aliphatic carbocycles. The van der Waals surface area contributed by atoms with Crippen LogP contribution in [0.5, 0.6) is 0 Å². The number of nitriles is 1. The van der Waals surface area contributed by atoms with Gasteiger partial charge in [0.1, 0.15) is 6.07 Å². The van der Waals surface area contributed by atoms with Gasteiger partial charge in [0, 0.05) is 25.8 Å². The van der Waals surface area contributed by atoms with Crippen molar-refractivity contribution in [2.75, 3.05) is 31.2 Å². The number of rotatable bonds is 3. The number of para-hydroxylation sites is 2. The molecule has 2 heterocycles. The van der Waals surface area contributed by atoms with Crippen molar-refractivity contribution in [1.82, 2.24) is 9.55 Å². The second kappa shape index (κ2) is 7.03. The zero-order valence-corrected chi connectivity index (χ0v) is 14.7. The number of anilines is 1. The fourth-order valence-electron chi connectivity index (χ4n) is 3.30. The summed E-state index contributed by atoms with van der Waals surface area (Å²) in [5, 5.41) is 9.66. The molecule has 1 aromatic heterocycles. The molecule has 0 saturated carbocycles. The largest absolute Gasteiger partial charge is 0.378 e. The highest BCUT2D eigenvalue weighted by Gasteiger charge is 2.13. The molecule has 0 radical (unpaired) electrons. The van der Waals surface area contributed by atoms with Crippen LogP contribution >= 0.6 is 0 Å². The number of fused-ring (bicyclic) bond motifs is 1. The summed E-state index contributed by atoms with van der Waals surface area (Å²) in [4.78, 5) is 6.93. The number of hydrogen-bond donors (Lipinski definition) is 0. The van der Waals surface area contributed by atoms with Gasteiger partial charge in [-0.05, 0) is 35.9 Å². The molecule has 4 rings (SSSR count). The lowest BCUT2D eigenvalue weighted by molar-refractivity contribution is 0.122. The summed E-state index contributed by atoms with van der Waals surface area (Å²) in [6.45, 7) is 3.37. The number of aromatic nitrogens is 2. The van der Waals surface area contributed by atoms with E-state index in [9.17, 15) is 5.26 Å². The SMILES string of the molecule is Cn1c(C(C#N)=Cc2ccc(N3CCOCC3)cc2)nc2ccccc21. The lowest BCUT2D eigenvalue weighted by Gasteiger charge is -2.28. The number of hydrogen-bond acceptors (Lipinski definition) is 4. The summed E-state index contributed by atoms with van der Waals surface area (Å²) in [6.07, 6.45) is 1.89. The lowest BCUT2D eigenvalue weighted by Crippen LogP contribution is -2.36. The molecule has 0 atom stereocenters. The predicted octanol–water partition coefficient (Wildman–Crippen LogP) is 3.47. The maximum atomic E-state index is 9.66. The Morgan fingerprint density at radius 1 is 1.12 bits per heavy atom. The van der Waals surface area contributed by atoms with Crippen LogP contribution < -0.4 is 4.90 Å². The molecule has 5 heteroatoms. The van der Waals surface area contributed by atoms with Crippen molar-refractivity contribution in [2.24, 2.45) is 7.05 Å². The maximum absolute atomic E-state index is 9.66. The zero-order valence-electron chi connectivity index (χ0n) is 14.7. The molecule has 26 heavy (non-hydrogen) atoms. The number of ether oxygens (including phenoxy) is 1. The van der Waals surface area contributed by atoms with E-state index in [0.717, 1.165) is 42.9 Å². The minimum absolute atomic E-state index is 0.558. The Morgan fingerprint density at radius 2 is 1.85 bits per heavy atom. The number of allylic oxidation sites excluding steroid dienone is 1. The van der Waals surface area contributed by atoms with Gasteiger partial charge in [-0.15, -0.1) is 0 Å². The van der Waals surface area contributed by atoms with Crippen molar-refractivity contribution >= 4 is 28.4 Å². The molecule has 1 aliphatic heterocycles. The predicted molar refractivity (Wildman–Crippen MR) is 104 cm³/mol. The van der Waals surface area contributed by atoms with E-state index in [1.165, 1.54) is 5.69 Å². The summed E-state index contributed by atoms with van der Waals surface area (Å²) in [5.74, 6) is 0.686. The van der Waals surface area contributed by atoms with Gasteiger partial charge >= 0.3 is 0 Å². The highest BCUT2D eigenvalue weighted by Crippen LogP contribution is 2.23. The first kappa shape index (κ1) is 16.4. The fraction of sp³-hybridized carbons (Fsp3) is 0.238. The standard InChI is InChI=1S/C21H20N4O/c1-24-20-5-3-2-4-19(20)23-21(24)17(15-22)14-16-6-8-18(9-7-16)25-10-12-26-13-11-25/h2-9,14H,10-13H2,1H3. The topological polar surface area (TPSA) is 54.1 Å². The van der Waals surface area contributed by atoms with Crippen molar-refractivity contribution in [2.45, 2.75) is 0 Å². The first-order valence-electron chi connectivity index (χ1n) is 8.72. The average Bonchev–Trinajstić information content (AvgIpc) is 3.04. The molecule has 1 saturated heterocycles. The van der Waals surface area contributed by atoms with Gasteiger partial charge in [-0.3, -0.25) is 0 Å². The van der Waals surface area contributed by atoms with Crippen LogP contribution in [-0.4, -0.2) is 35.9 Å². The van der Waals surface area contributed by atoms with Crippen LogP contribution in [0.2, 0.25) is 0 Å². The molecule has 0 unspecified atom stereocenters. The lowest BCUT2D eigenvalue weighted by atomic mass is 10.1. The highest BCUT2D eigenvalue weighted by molar-refractivity contribution is 5.90. The summed E-state index contributed by atoms with van der Waals surface area (Å²) in [5.41, 5.74) is 4.65. The van der Waals surface area contributed by atoms with Gasteiger partial charge in [-0.1, -0.05) is 24.3 Å². The quantitative estimate of drug-likeness (QED) is 0.683. The van der Waals surface area contributed by atoms with Gasteiger partial charge in [0.2, 0.25) is 0 Å². The minimum Gasteiger partial charge on any atom is -0.378 e. The van der Waals surface area contributed by atoms with E-state index in [0.29, 0.717) is 11.4 Å². The number of nitrogens with zero attached hydrogens (tertiary/aromatic N) is 4. The first-order valence-corrected chi connectivity index (χ1v) is 8.72.